The third-order valence-corrected chi connectivity index (χ3v) is 2.68. The topological polar surface area (TPSA) is 95.7 Å². The Hall–Kier alpha value is -2.05. The highest BCUT2D eigenvalue weighted by atomic mass is 16.4. The Labute approximate surface area is 97.4 Å². The molecule has 1 unspecified atom stereocenters. The first-order chi connectivity index (χ1) is 8.06. The van der Waals surface area contributed by atoms with Crippen LogP contribution in [0.2, 0.25) is 0 Å². The molecule has 92 valence electrons. The molecular formula is C10H13N3O4. The third kappa shape index (κ3) is 2.55. The molecule has 0 aliphatic carbocycles. The van der Waals surface area contributed by atoms with E-state index in [1.807, 2.05) is 0 Å². The monoisotopic (exact) mass is 239 g/mol. The number of hydrogen-bond donors (Lipinski definition) is 2. The molecule has 1 aliphatic rings. The molecule has 0 bridgehead atoms. The fourth-order valence-corrected chi connectivity index (χ4v) is 1.74. The van der Waals surface area contributed by atoms with E-state index in [-0.39, 0.29) is 23.7 Å². The number of carbonyl (C=O) groups is 2. The number of nitrogens with zero attached hydrogens (tertiary/aromatic N) is 2. The number of aromatic nitrogens is 1. The van der Waals surface area contributed by atoms with Crippen molar-refractivity contribution < 1.29 is 19.1 Å². The van der Waals surface area contributed by atoms with E-state index < -0.39 is 5.97 Å². The van der Waals surface area contributed by atoms with Crippen molar-refractivity contribution in [1.29, 1.82) is 0 Å². The number of rotatable bonds is 3. The molecule has 1 saturated heterocycles. The number of amides is 1. The minimum absolute atomic E-state index is 0.0398. The molecule has 0 spiro atoms. The number of likely N-dealkylation sites (N-methyl/N-ethyl adjacent to an activating group) is 1. The minimum Gasteiger partial charge on any atom is -0.476 e. The number of hydrogen-bond acceptors (Lipinski definition) is 5. The summed E-state index contributed by atoms with van der Waals surface area (Å²) in [6, 6.07) is 0.216. The number of oxazole rings is 1. The number of likely N-dealkylation sites (tertiary alicyclic amines) is 1. The molecule has 0 saturated carbocycles. The van der Waals surface area contributed by atoms with Crippen LogP contribution in [-0.4, -0.2) is 46.5 Å². The fraction of sp³-hybridized carbons (Fsp3) is 0.500. The van der Waals surface area contributed by atoms with Crippen LogP contribution in [0.4, 0.5) is 6.01 Å². The highest BCUT2D eigenvalue weighted by molar-refractivity contribution is 5.85. The largest absolute Gasteiger partial charge is 0.476 e. The van der Waals surface area contributed by atoms with Crippen LogP contribution in [0.15, 0.2) is 10.7 Å². The summed E-state index contributed by atoms with van der Waals surface area (Å²) >= 11 is 0. The molecule has 1 aromatic heterocycles. The SMILES string of the molecule is CN1CC(Nc2nc(C(=O)O)co2)CCC1=O. The molecule has 2 N–H and O–H groups in total. The molecule has 0 radical (unpaired) electrons. The van der Waals surface area contributed by atoms with Gasteiger partial charge in [0.15, 0.2) is 5.69 Å². The first kappa shape index (κ1) is 11.4. The predicted molar refractivity (Wildman–Crippen MR) is 57.7 cm³/mol. The zero-order valence-electron chi connectivity index (χ0n) is 9.34. The number of carboxylic acid groups (broad SMARTS) is 1. The standard InChI is InChI=1S/C10H13N3O4/c1-13-4-6(2-3-8(13)14)11-10-12-7(5-17-10)9(15)16/h5-6H,2-4H2,1H3,(H,11,12)(H,15,16). The first-order valence-corrected chi connectivity index (χ1v) is 5.25. The number of carboxylic acids is 1. The van der Waals surface area contributed by atoms with Crippen LogP contribution in [0.3, 0.4) is 0 Å². The van der Waals surface area contributed by atoms with Gasteiger partial charge in [-0.1, -0.05) is 0 Å². The third-order valence-electron chi connectivity index (χ3n) is 2.68. The number of anilines is 1. The van der Waals surface area contributed by atoms with E-state index in [0.29, 0.717) is 19.4 Å². The van der Waals surface area contributed by atoms with Crippen LogP contribution in [-0.2, 0) is 4.79 Å². The molecule has 1 amide bonds. The lowest BCUT2D eigenvalue weighted by atomic mass is 10.1. The van der Waals surface area contributed by atoms with Gasteiger partial charge < -0.3 is 19.7 Å². The van der Waals surface area contributed by atoms with Crippen molar-refractivity contribution in [3.05, 3.63) is 12.0 Å². The van der Waals surface area contributed by atoms with Crippen LogP contribution in [0.25, 0.3) is 0 Å². The van der Waals surface area contributed by atoms with Gasteiger partial charge in [-0.2, -0.15) is 4.98 Å². The van der Waals surface area contributed by atoms with E-state index in [2.05, 4.69) is 10.3 Å². The Morgan fingerprint density at radius 2 is 2.47 bits per heavy atom. The van der Waals surface area contributed by atoms with Crippen molar-refractivity contribution in [2.75, 3.05) is 18.9 Å². The van der Waals surface area contributed by atoms with E-state index >= 15 is 0 Å². The van der Waals surface area contributed by atoms with Crippen LogP contribution in [0, 0.1) is 0 Å². The lowest BCUT2D eigenvalue weighted by molar-refractivity contribution is -0.132. The average molecular weight is 239 g/mol. The molecule has 1 aromatic rings. The summed E-state index contributed by atoms with van der Waals surface area (Å²) < 4.78 is 4.98. The number of carbonyl (C=O) groups excluding carboxylic acids is 1. The van der Waals surface area contributed by atoms with E-state index in [1.165, 1.54) is 0 Å². The number of nitrogens with one attached hydrogen (secondary N) is 1. The lowest BCUT2D eigenvalue weighted by Gasteiger charge is -2.29. The fourth-order valence-electron chi connectivity index (χ4n) is 1.74. The Morgan fingerprint density at radius 3 is 3.06 bits per heavy atom. The molecule has 7 heteroatoms. The Kier molecular flexibility index (Phi) is 2.99. The van der Waals surface area contributed by atoms with Crippen molar-refractivity contribution in [2.45, 2.75) is 18.9 Å². The maximum Gasteiger partial charge on any atom is 0.357 e. The maximum atomic E-state index is 11.3. The average Bonchev–Trinajstić information content (AvgIpc) is 2.72. The highest BCUT2D eigenvalue weighted by Crippen LogP contribution is 2.15. The summed E-state index contributed by atoms with van der Waals surface area (Å²) in [5.41, 5.74) is -0.132. The molecular weight excluding hydrogens is 226 g/mol. The van der Waals surface area contributed by atoms with Gasteiger partial charge in [0, 0.05) is 26.1 Å². The van der Waals surface area contributed by atoms with Gasteiger partial charge in [0.1, 0.15) is 6.26 Å². The number of aromatic carboxylic acids is 1. The zero-order valence-corrected chi connectivity index (χ0v) is 9.34. The van der Waals surface area contributed by atoms with Crippen LogP contribution < -0.4 is 5.32 Å². The summed E-state index contributed by atoms with van der Waals surface area (Å²) in [4.78, 5) is 27.3. The molecule has 1 fully saturated rings. The first-order valence-electron chi connectivity index (χ1n) is 5.25. The van der Waals surface area contributed by atoms with Gasteiger partial charge in [-0.15, -0.1) is 0 Å². The molecule has 2 heterocycles. The second-order valence-corrected chi connectivity index (χ2v) is 4.00. The lowest BCUT2D eigenvalue weighted by Crippen LogP contribution is -2.43. The maximum absolute atomic E-state index is 11.3. The van der Waals surface area contributed by atoms with Gasteiger partial charge in [-0.05, 0) is 6.42 Å². The molecule has 17 heavy (non-hydrogen) atoms. The van der Waals surface area contributed by atoms with Crippen LogP contribution in [0.5, 0.6) is 0 Å². The quantitative estimate of drug-likeness (QED) is 0.792. The molecule has 2 rings (SSSR count). The molecule has 0 aromatic carbocycles. The van der Waals surface area contributed by atoms with Gasteiger partial charge >= 0.3 is 5.97 Å². The molecule has 7 nitrogen and oxygen atoms in total. The summed E-state index contributed by atoms with van der Waals surface area (Å²) in [5.74, 6) is -1.01. The Morgan fingerprint density at radius 1 is 1.71 bits per heavy atom. The second-order valence-electron chi connectivity index (χ2n) is 4.00. The van der Waals surface area contributed by atoms with E-state index in [0.717, 1.165) is 6.26 Å². The normalized spacial score (nSPS) is 20.4. The van der Waals surface area contributed by atoms with E-state index in [4.69, 9.17) is 9.52 Å². The second kappa shape index (κ2) is 4.44. The van der Waals surface area contributed by atoms with Gasteiger partial charge in [-0.25, -0.2) is 4.79 Å². The number of piperidine rings is 1. The van der Waals surface area contributed by atoms with Crippen molar-refractivity contribution in [3.8, 4) is 0 Å². The van der Waals surface area contributed by atoms with Crippen molar-refractivity contribution in [2.24, 2.45) is 0 Å². The summed E-state index contributed by atoms with van der Waals surface area (Å²) in [6.45, 7) is 0.559. The minimum atomic E-state index is -1.13. The van der Waals surface area contributed by atoms with Crippen LogP contribution in [0.1, 0.15) is 23.3 Å². The van der Waals surface area contributed by atoms with Crippen molar-refractivity contribution >= 4 is 17.9 Å². The highest BCUT2D eigenvalue weighted by Gasteiger charge is 2.24. The predicted octanol–water partition coefficient (Wildman–Crippen LogP) is 0.405. The van der Waals surface area contributed by atoms with Crippen LogP contribution >= 0.6 is 0 Å². The van der Waals surface area contributed by atoms with E-state index in [1.54, 1.807) is 11.9 Å². The smallest absolute Gasteiger partial charge is 0.357 e. The molecule has 1 aliphatic heterocycles. The van der Waals surface area contributed by atoms with Crippen molar-refractivity contribution in [1.82, 2.24) is 9.88 Å². The van der Waals surface area contributed by atoms with Gasteiger partial charge in [-0.3, -0.25) is 4.79 Å². The van der Waals surface area contributed by atoms with Gasteiger partial charge in [0.25, 0.3) is 6.01 Å². The van der Waals surface area contributed by atoms with Gasteiger partial charge in [0.05, 0.1) is 0 Å². The van der Waals surface area contributed by atoms with Crippen molar-refractivity contribution in [3.63, 3.8) is 0 Å². The zero-order chi connectivity index (χ0) is 12.4. The van der Waals surface area contributed by atoms with E-state index in [9.17, 15) is 9.59 Å². The van der Waals surface area contributed by atoms with Gasteiger partial charge in [0.2, 0.25) is 5.91 Å². The molecule has 1 atom stereocenters. The Bertz CT molecular complexity index is 443. The summed E-state index contributed by atoms with van der Waals surface area (Å²) in [7, 11) is 1.73. The summed E-state index contributed by atoms with van der Waals surface area (Å²) in [5, 5.41) is 11.6. The summed E-state index contributed by atoms with van der Waals surface area (Å²) in [6.07, 6.45) is 2.25. The Balaban J connectivity index is 1.96.